The number of benzene rings is 3. The molecule has 1 N–H and O–H groups in total. The summed E-state index contributed by atoms with van der Waals surface area (Å²) < 4.78 is 0. The summed E-state index contributed by atoms with van der Waals surface area (Å²) >= 11 is 6.38. The van der Waals surface area contributed by atoms with Crippen LogP contribution in [0.15, 0.2) is 66.7 Å². The van der Waals surface area contributed by atoms with Crippen molar-refractivity contribution in [3.8, 4) is 0 Å². The normalized spacial score (nSPS) is 19.6. The second kappa shape index (κ2) is 11.5. The van der Waals surface area contributed by atoms with Crippen molar-refractivity contribution in [3.63, 3.8) is 0 Å². The summed E-state index contributed by atoms with van der Waals surface area (Å²) in [5.74, 6) is -1.47. The Hall–Kier alpha value is -4.01. The lowest BCUT2D eigenvalue weighted by molar-refractivity contribution is -0.132. The molecule has 8 nitrogen and oxygen atoms in total. The average molecular weight is 571 g/mol. The van der Waals surface area contributed by atoms with Gasteiger partial charge in [0.2, 0.25) is 0 Å². The Balaban J connectivity index is 1.06. The Kier molecular flexibility index (Phi) is 7.60. The number of rotatable bonds is 7. The topological polar surface area (TPSA) is 90.0 Å². The summed E-state index contributed by atoms with van der Waals surface area (Å²) in [6.07, 6.45) is 0.164. The molecular formula is C32H31ClN4O4. The van der Waals surface area contributed by atoms with E-state index < -0.39 is 17.9 Å². The minimum atomic E-state index is -0.875. The Morgan fingerprint density at radius 3 is 2.27 bits per heavy atom. The first kappa shape index (κ1) is 27.2. The maximum Gasteiger partial charge on any atom is 0.264 e. The molecule has 0 bridgehead atoms. The van der Waals surface area contributed by atoms with Gasteiger partial charge in [0.25, 0.3) is 11.8 Å². The number of nitrogens with one attached hydrogen (secondary N) is 1. The van der Waals surface area contributed by atoms with Gasteiger partial charge in [-0.3, -0.25) is 29.0 Å². The van der Waals surface area contributed by atoms with Crippen LogP contribution in [0.25, 0.3) is 0 Å². The fourth-order valence-corrected chi connectivity index (χ4v) is 6.19. The van der Waals surface area contributed by atoms with Crippen LogP contribution in [0.3, 0.4) is 0 Å². The number of amides is 2. The number of imide groups is 1. The maximum absolute atomic E-state index is 13.3. The van der Waals surface area contributed by atoms with Gasteiger partial charge in [0.05, 0.1) is 34.3 Å². The second-order valence-electron chi connectivity index (χ2n) is 10.8. The Morgan fingerprint density at radius 2 is 1.54 bits per heavy atom. The van der Waals surface area contributed by atoms with Gasteiger partial charge in [-0.25, -0.2) is 0 Å². The molecule has 2 fully saturated rings. The number of para-hydroxylation sites is 1. The molecule has 1 saturated heterocycles. The maximum atomic E-state index is 13.3. The second-order valence-corrected chi connectivity index (χ2v) is 11.2. The summed E-state index contributed by atoms with van der Waals surface area (Å²) in [6.45, 7) is 5.12. The van der Waals surface area contributed by atoms with Gasteiger partial charge in [-0.05, 0) is 41.8 Å². The van der Waals surface area contributed by atoms with E-state index >= 15 is 0 Å². The summed E-state index contributed by atoms with van der Waals surface area (Å²) in [5.41, 5.74) is 4.50. The van der Waals surface area contributed by atoms with Crippen molar-refractivity contribution < 1.29 is 19.2 Å². The van der Waals surface area contributed by atoms with Crippen molar-refractivity contribution in [2.75, 3.05) is 36.4 Å². The number of carbonyl (C=O) groups is 4. The van der Waals surface area contributed by atoms with Gasteiger partial charge in [0.15, 0.2) is 5.78 Å². The lowest BCUT2D eigenvalue weighted by atomic mass is 9.92. The molecule has 1 unspecified atom stereocenters. The van der Waals surface area contributed by atoms with Gasteiger partial charge in [-0.2, -0.15) is 0 Å². The molecule has 2 amide bonds. The van der Waals surface area contributed by atoms with E-state index in [4.69, 9.17) is 11.6 Å². The van der Waals surface area contributed by atoms with Crippen LogP contribution in [0.1, 0.15) is 51.1 Å². The third-order valence-electron chi connectivity index (χ3n) is 8.18. The molecule has 1 saturated carbocycles. The van der Waals surface area contributed by atoms with Crippen LogP contribution >= 0.6 is 11.6 Å². The summed E-state index contributed by atoms with van der Waals surface area (Å²) in [4.78, 5) is 56.4. The lowest BCUT2D eigenvalue weighted by Gasteiger charge is -2.36. The van der Waals surface area contributed by atoms with Crippen LogP contribution in [0.4, 0.5) is 11.4 Å². The molecule has 0 radical (unpaired) electrons. The molecule has 2 heterocycles. The van der Waals surface area contributed by atoms with Crippen LogP contribution in [-0.2, 0) is 22.7 Å². The molecule has 9 heteroatoms. The molecule has 0 spiro atoms. The molecule has 210 valence electrons. The zero-order valence-corrected chi connectivity index (χ0v) is 23.4. The fraction of sp³-hybridized carbons (Fsp3) is 0.312. The van der Waals surface area contributed by atoms with E-state index in [1.165, 1.54) is 5.56 Å². The van der Waals surface area contributed by atoms with Crippen LogP contribution in [0.5, 0.6) is 0 Å². The standard InChI is InChI=1S/C32H31ClN4O4/c33-25-5-1-2-7-27(25)36-16-14-35(15-17-36)20-22-10-8-21(9-11-22)19-34-26-6-3-4-24-30(26)32(41)37(31(24)40)28-13-12-23(38)18-29(28)39/h1-11,28,34H,12-20H2. The zero-order valence-electron chi connectivity index (χ0n) is 22.6. The van der Waals surface area contributed by atoms with Crippen molar-refractivity contribution in [1.82, 2.24) is 9.80 Å². The highest BCUT2D eigenvalue weighted by atomic mass is 35.5. The Morgan fingerprint density at radius 1 is 0.805 bits per heavy atom. The van der Waals surface area contributed by atoms with Gasteiger partial charge in [0, 0.05) is 51.4 Å². The quantitative estimate of drug-likeness (QED) is 0.329. The number of piperazine rings is 1. The number of fused-ring (bicyclic) bond motifs is 1. The number of Topliss-reactive ketones (excluding diaryl/α,β-unsaturated/α-hetero) is 2. The van der Waals surface area contributed by atoms with Crippen LogP contribution < -0.4 is 10.2 Å². The molecule has 1 aliphatic carbocycles. The highest BCUT2D eigenvalue weighted by molar-refractivity contribution is 6.33. The predicted octanol–water partition coefficient (Wildman–Crippen LogP) is 4.56. The number of halogens is 1. The minimum Gasteiger partial charge on any atom is -0.380 e. The third kappa shape index (κ3) is 5.49. The monoisotopic (exact) mass is 570 g/mol. The van der Waals surface area contributed by atoms with Crippen molar-refractivity contribution in [2.24, 2.45) is 0 Å². The van der Waals surface area contributed by atoms with E-state index in [2.05, 4.69) is 45.4 Å². The molecular weight excluding hydrogens is 540 g/mol. The van der Waals surface area contributed by atoms with Crippen LogP contribution in [0, 0.1) is 0 Å². The highest BCUT2D eigenvalue weighted by Gasteiger charge is 2.45. The number of hydrogen-bond acceptors (Lipinski definition) is 7. The number of nitrogens with zero attached hydrogens (tertiary/aromatic N) is 3. The minimum absolute atomic E-state index is 0.146. The van der Waals surface area contributed by atoms with Gasteiger partial charge in [0.1, 0.15) is 5.78 Å². The average Bonchev–Trinajstić information content (AvgIpc) is 3.23. The van der Waals surface area contributed by atoms with Gasteiger partial charge < -0.3 is 10.2 Å². The first-order chi connectivity index (χ1) is 19.9. The van der Waals surface area contributed by atoms with Gasteiger partial charge in [-0.15, -0.1) is 0 Å². The molecule has 2 aliphatic heterocycles. The van der Waals surface area contributed by atoms with E-state index in [0.29, 0.717) is 12.2 Å². The Bertz CT molecular complexity index is 1510. The van der Waals surface area contributed by atoms with E-state index in [1.54, 1.807) is 18.2 Å². The van der Waals surface area contributed by atoms with Crippen molar-refractivity contribution in [3.05, 3.63) is 94.0 Å². The summed E-state index contributed by atoms with van der Waals surface area (Å²) in [7, 11) is 0. The molecule has 0 aromatic heterocycles. The molecule has 3 aromatic rings. The molecule has 3 aliphatic rings. The van der Waals surface area contributed by atoms with E-state index in [9.17, 15) is 19.2 Å². The van der Waals surface area contributed by atoms with E-state index in [0.717, 1.165) is 53.9 Å². The first-order valence-corrected chi connectivity index (χ1v) is 14.4. The molecule has 3 aromatic carbocycles. The largest absolute Gasteiger partial charge is 0.380 e. The molecule has 6 rings (SSSR count). The van der Waals surface area contributed by atoms with E-state index in [1.807, 2.05) is 18.2 Å². The van der Waals surface area contributed by atoms with Crippen LogP contribution in [0.2, 0.25) is 5.02 Å². The number of carbonyl (C=O) groups excluding carboxylic acids is 4. The van der Waals surface area contributed by atoms with E-state index in [-0.39, 0.29) is 42.0 Å². The number of hydrogen-bond donors (Lipinski definition) is 1. The van der Waals surface area contributed by atoms with Crippen molar-refractivity contribution >= 4 is 46.4 Å². The van der Waals surface area contributed by atoms with Crippen LogP contribution in [-0.4, -0.2) is 65.4 Å². The molecule has 1 atom stereocenters. The third-order valence-corrected chi connectivity index (χ3v) is 8.49. The Labute approximate surface area is 243 Å². The predicted molar refractivity (Wildman–Crippen MR) is 157 cm³/mol. The summed E-state index contributed by atoms with van der Waals surface area (Å²) in [6, 6.07) is 20.6. The van der Waals surface area contributed by atoms with Gasteiger partial charge in [-0.1, -0.05) is 54.1 Å². The smallest absolute Gasteiger partial charge is 0.264 e. The van der Waals surface area contributed by atoms with Gasteiger partial charge >= 0.3 is 0 Å². The summed E-state index contributed by atoms with van der Waals surface area (Å²) in [5, 5.41) is 4.10. The SMILES string of the molecule is O=C1CCC(N2C(=O)c3cccc(NCc4ccc(CN5CCN(c6ccccc6Cl)CC5)cc4)c3C2=O)C(=O)C1. The molecule has 41 heavy (non-hydrogen) atoms. The zero-order chi connectivity index (χ0) is 28.5. The first-order valence-electron chi connectivity index (χ1n) is 14.0. The highest BCUT2D eigenvalue weighted by Crippen LogP contribution is 2.33. The number of ketones is 2. The lowest BCUT2D eigenvalue weighted by Crippen LogP contribution is -2.47. The fourth-order valence-electron chi connectivity index (χ4n) is 5.94. The van der Waals surface area contributed by atoms with Crippen molar-refractivity contribution in [1.29, 1.82) is 0 Å². The van der Waals surface area contributed by atoms with Crippen molar-refractivity contribution in [2.45, 2.75) is 38.4 Å². The number of anilines is 2.